The molecule has 0 aliphatic heterocycles. The molecular formula is C8H7F2N3O2S. The maximum atomic E-state index is 12.5. The summed E-state index contributed by atoms with van der Waals surface area (Å²) in [6, 6.07) is 1.54. The van der Waals surface area contributed by atoms with Gasteiger partial charge in [-0.25, -0.2) is 22.3 Å². The van der Waals surface area contributed by atoms with Crippen LogP contribution in [0.2, 0.25) is 0 Å². The number of pyridine rings is 1. The summed E-state index contributed by atoms with van der Waals surface area (Å²) in [4.78, 5) is 2.73. The number of halogens is 2. The summed E-state index contributed by atoms with van der Waals surface area (Å²) < 4.78 is 47.2. The number of primary sulfonamides is 1. The first kappa shape index (κ1) is 12.5. The molecule has 0 saturated carbocycles. The van der Waals surface area contributed by atoms with E-state index >= 15 is 0 Å². The maximum absolute atomic E-state index is 12.5. The number of hydrogen-bond acceptors (Lipinski definition) is 4. The second-order valence-electron chi connectivity index (χ2n) is 2.97. The molecule has 1 aromatic heterocycles. The van der Waals surface area contributed by atoms with Crippen molar-refractivity contribution in [3.05, 3.63) is 23.0 Å². The van der Waals surface area contributed by atoms with Crippen molar-refractivity contribution in [1.29, 1.82) is 5.26 Å². The molecule has 1 heterocycles. The van der Waals surface area contributed by atoms with Crippen LogP contribution in [0.1, 0.15) is 23.2 Å². The fourth-order valence-corrected chi connectivity index (χ4v) is 2.21. The van der Waals surface area contributed by atoms with Crippen LogP contribution < -0.4 is 5.14 Å². The van der Waals surface area contributed by atoms with Crippen molar-refractivity contribution in [2.24, 2.45) is 5.14 Å². The summed E-state index contributed by atoms with van der Waals surface area (Å²) in [5.41, 5.74) is -1.33. The van der Waals surface area contributed by atoms with Crippen molar-refractivity contribution in [2.45, 2.75) is 18.2 Å². The molecular weight excluding hydrogens is 240 g/mol. The number of alkyl halides is 2. The number of sulfonamides is 1. The average molecular weight is 247 g/mol. The number of nitrogens with two attached hydrogens (primary N) is 1. The minimum atomic E-state index is -4.23. The highest BCUT2D eigenvalue weighted by atomic mass is 32.2. The Morgan fingerprint density at radius 1 is 1.56 bits per heavy atom. The second kappa shape index (κ2) is 4.11. The monoisotopic (exact) mass is 247 g/mol. The Labute approximate surface area is 90.6 Å². The smallest absolute Gasteiger partial charge is 0.254 e. The Morgan fingerprint density at radius 2 is 2.12 bits per heavy atom. The van der Waals surface area contributed by atoms with Crippen molar-refractivity contribution in [1.82, 2.24) is 4.98 Å². The van der Waals surface area contributed by atoms with Crippen LogP contribution in [0.4, 0.5) is 8.78 Å². The molecule has 0 aliphatic rings. The first-order valence-corrected chi connectivity index (χ1v) is 5.54. The van der Waals surface area contributed by atoms with E-state index in [0.717, 1.165) is 13.1 Å². The molecule has 2 N–H and O–H groups in total. The lowest BCUT2D eigenvalue weighted by Crippen LogP contribution is -2.17. The molecule has 0 spiro atoms. The van der Waals surface area contributed by atoms with E-state index < -0.39 is 27.0 Å². The van der Waals surface area contributed by atoms with E-state index in [2.05, 4.69) is 4.98 Å². The molecule has 1 aromatic rings. The molecule has 1 rings (SSSR count). The zero-order valence-electron chi connectivity index (χ0n) is 8.11. The Balaban J connectivity index is 3.69. The topological polar surface area (TPSA) is 96.8 Å². The number of rotatable bonds is 2. The fourth-order valence-electron chi connectivity index (χ4n) is 1.27. The standard InChI is InChI=1S/C8H7F2N3O2S/c1-4-6(8(9)10)13-3-5(2-11)7(4)16(12,14)15/h3,8H,1H3,(H2,12,14,15). The van der Waals surface area contributed by atoms with Crippen LogP contribution in [-0.2, 0) is 10.0 Å². The molecule has 0 unspecified atom stereocenters. The van der Waals surface area contributed by atoms with Crippen molar-refractivity contribution in [3.8, 4) is 6.07 Å². The van der Waals surface area contributed by atoms with Crippen LogP contribution in [0, 0.1) is 18.3 Å². The van der Waals surface area contributed by atoms with E-state index in [1.807, 2.05) is 0 Å². The summed E-state index contributed by atoms with van der Waals surface area (Å²) >= 11 is 0. The average Bonchev–Trinajstić information content (AvgIpc) is 2.14. The molecule has 0 radical (unpaired) electrons. The summed E-state index contributed by atoms with van der Waals surface area (Å²) in [7, 11) is -4.23. The van der Waals surface area contributed by atoms with Gasteiger partial charge in [0.1, 0.15) is 16.7 Å². The molecule has 0 amide bonds. The third-order valence-corrected chi connectivity index (χ3v) is 3.01. The summed E-state index contributed by atoms with van der Waals surface area (Å²) in [5.74, 6) is 0. The van der Waals surface area contributed by atoms with Crippen LogP contribution in [0.3, 0.4) is 0 Å². The Hall–Kier alpha value is -1.59. The number of hydrogen-bond donors (Lipinski definition) is 1. The Morgan fingerprint density at radius 3 is 2.50 bits per heavy atom. The lowest BCUT2D eigenvalue weighted by atomic mass is 10.1. The van der Waals surface area contributed by atoms with Crippen molar-refractivity contribution < 1.29 is 17.2 Å². The molecule has 0 fully saturated rings. The van der Waals surface area contributed by atoms with Gasteiger partial charge in [0.2, 0.25) is 10.0 Å². The first-order chi connectivity index (χ1) is 7.29. The van der Waals surface area contributed by atoms with Crippen LogP contribution >= 0.6 is 0 Å². The number of nitriles is 1. The molecule has 8 heteroatoms. The van der Waals surface area contributed by atoms with Gasteiger partial charge >= 0.3 is 0 Å². The first-order valence-electron chi connectivity index (χ1n) is 3.99. The SMILES string of the molecule is Cc1c(C(F)F)ncc(C#N)c1S(N)(=O)=O. The Kier molecular flexibility index (Phi) is 3.21. The molecule has 0 aromatic carbocycles. The summed E-state index contributed by atoms with van der Waals surface area (Å²) in [6.45, 7) is 1.13. The van der Waals surface area contributed by atoms with Crippen molar-refractivity contribution in [2.75, 3.05) is 0 Å². The minimum Gasteiger partial charge on any atom is -0.254 e. The Bertz CT molecular complexity index is 563. The predicted octanol–water partition coefficient (Wildman–Crippen LogP) is 0.847. The molecule has 0 atom stereocenters. The largest absolute Gasteiger partial charge is 0.280 e. The molecule has 86 valence electrons. The lowest BCUT2D eigenvalue weighted by Gasteiger charge is -2.09. The highest BCUT2D eigenvalue weighted by Gasteiger charge is 2.24. The molecule has 16 heavy (non-hydrogen) atoms. The zero-order chi connectivity index (χ0) is 12.5. The van der Waals surface area contributed by atoms with Gasteiger partial charge in [0.05, 0.1) is 5.56 Å². The van der Waals surface area contributed by atoms with E-state index in [-0.39, 0.29) is 11.1 Å². The van der Waals surface area contributed by atoms with E-state index in [4.69, 9.17) is 10.4 Å². The highest BCUT2D eigenvalue weighted by Crippen LogP contribution is 2.26. The summed E-state index contributed by atoms with van der Waals surface area (Å²) in [5, 5.41) is 13.5. The van der Waals surface area contributed by atoms with Crippen LogP contribution in [-0.4, -0.2) is 13.4 Å². The van der Waals surface area contributed by atoms with Gasteiger partial charge in [-0.3, -0.25) is 4.98 Å². The highest BCUT2D eigenvalue weighted by molar-refractivity contribution is 7.89. The number of nitrogens with zero attached hydrogens (tertiary/aromatic N) is 2. The molecule has 5 nitrogen and oxygen atoms in total. The fraction of sp³-hybridized carbons (Fsp3) is 0.250. The van der Waals surface area contributed by atoms with Crippen LogP contribution in [0.15, 0.2) is 11.1 Å². The van der Waals surface area contributed by atoms with Gasteiger partial charge in [-0.05, 0) is 12.5 Å². The summed E-state index contributed by atoms with van der Waals surface area (Å²) in [6.07, 6.45) is -2.15. The number of aromatic nitrogens is 1. The third kappa shape index (κ3) is 2.15. The second-order valence-corrected chi connectivity index (χ2v) is 4.47. The van der Waals surface area contributed by atoms with Gasteiger partial charge in [0.15, 0.2) is 0 Å². The van der Waals surface area contributed by atoms with Crippen molar-refractivity contribution in [3.63, 3.8) is 0 Å². The van der Waals surface area contributed by atoms with Crippen LogP contribution in [0.25, 0.3) is 0 Å². The minimum absolute atomic E-state index is 0.295. The molecule has 0 bridgehead atoms. The predicted molar refractivity (Wildman–Crippen MR) is 50.0 cm³/mol. The van der Waals surface area contributed by atoms with Crippen LogP contribution in [0.5, 0.6) is 0 Å². The van der Waals surface area contributed by atoms with E-state index in [1.54, 1.807) is 6.07 Å². The van der Waals surface area contributed by atoms with E-state index in [9.17, 15) is 17.2 Å². The zero-order valence-corrected chi connectivity index (χ0v) is 8.92. The van der Waals surface area contributed by atoms with E-state index in [0.29, 0.717) is 0 Å². The van der Waals surface area contributed by atoms with Gasteiger partial charge < -0.3 is 0 Å². The lowest BCUT2D eigenvalue weighted by molar-refractivity contribution is 0.145. The van der Waals surface area contributed by atoms with Gasteiger partial charge in [-0.15, -0.1) is 0 Å². The van der Waals surface area contributed by atoms with Gasteiger partial charge in [-0.2, -0.15) is 5.26 Å². The van der Waals surface area contributed by atoms with Gasteiger partial charge in [-0.1, -0.05) is 0 Å². The normalized spacial score (nSPS) is 11.5. The maximum Gasteiger partial charge on any atom is 0.280 e. The third-order valence-electron chi connectivity index (χ3n) is 1.91. The van der Waals surface area contributed by atoms with E-state index in [1.165, 1.54) is 0 Å². The van der Waals surface area contributed by atoms with Gasteiger partial charge in [0.25, 0.3) is 6.43 Å². The molecule has 0 saturated heterocycles. The van der Waals surface area contributed by atoms with Crippen molar-refractivity contribution >= 4 is 10.0 Å². The molecule has 0 aliphatic carbocycles. The van der Waals surface area contributed by atoms with Gasteiger partial charge in [0, 0.05) is 6.20 Å². The quantitative estimate of drug-likeness (QED) is 0.837.